The molecule has 0 saturated heterocycles. The molecule has 0 aliphatic heterocycles. The van der Waals surface area contributed by atoms with Crippen molar-refractivity contribution >= 4 is 44.9 Å². The fraction of sp³-hybridized carbons (Fsp3) is 0.409. The second-order valence-electron chi connectivity index (χ2n) is 9.15. The lowest BCUT2D eigenvalue weighted by molar-refractivity contribution is 0.0899. The number of sulfone groups is 1. The topological polar surface area (TPSA) is 61.2 Å². The second-order valence-corrected chi connectivity index (χ2v) is 17.9. The summed E-state index contributed by atoms with van der Waals surface area (Å²) in [5.74, 6) is 0. The minimum atomic E-state index is -3.18. The van der Waals surface area contributed by atoms with Gasteiger partial charge >= 0.3 is 0 Å². The zero-order chi connectivity index (χ0) is 21.5. The predicted octanol–water partition coefficient (Wildman–Crippen LogP) is 5.71. The molecule has 0 unspecified atom stereocenters. The first kappa shape index (κ1) is 21.7. The summed E-state index contributed by atoms with van der Waals surface area (Å²) in [6.07, 6.45) is 5.38. The lowest BCUT2D eigenvalue weighted by Gasteiger charge is -2.15. The van der Waals surface area contributed by atoms with Gasteiger partial charge in [0.2, 0.25) is 0 Å². The van der Waals surface area contributed by atoms with Crippen LogP contribution in [0.4, 0.5) is 0 Å². The van der Waals surface area contributed by atoms with Crippen molar-refractivity contribution in [2.45, 2.75) is 55.4 Å². The lowest BCUT2D eigenvalue weighted by atomic mass is 10.1. The number of ether oxygens (including phenoxy) is 1. The molecule has 4 rings (SSSR count). The van der Waals surface area contributed by atoms with Crippen LogP contribution >= 0.6 is 15.9 Å². The lowest BCUT2D eigenvalue weighted by Crippen LogP contribution is -2.22. The van der Waals surface area contributed by atoms with Crippen LogP contribution in [-0.2, 0) is 21.3 Å². The van der Waals surface area contributed by atoms with E-state index in [9.17, 15) is 8.42 Å². The van der Waals surface area contributed by atoms with Gasteiger partial charge in [0.15, 0.2) is 9.84 Å². The van der Waals surface area contributed by atoms with E-state index in [1.807, 2.05) is 29.0 Å². The molecule has 1 aromatic carbocycles. The van der Waals surface area contributed by atoms with Gasteiger partial charge in [-0.25, -0.2) is 13.4 Å². The number of halogens is 1. The normalized spacial score (nSPS) is 15.1. The molecule has 1 saturated carbocycles. The summed E-state index contributed by atoms with van der Waals surface area (Å²) in [6.45, 7) is 8.21. The van der Waals surface area contributed by atoms with E-state index in [4.69, 9.17) is 4.74 Å². The third kappa shape index (κ3) is 4.71. The fourth-order valence-electron chi connectivity index (χ4n) is 3.41. The molecular weight excluding hydrogens is 480 g/mol. The van der Waals surface area contributed by atoms with Gasteiger partial charge in [0.1, 0.15) is 12.4 Å². The zero-order valence-electron chi connectivity index (χ0n) is 17.6. The molecule has 0 N–H and O–H groups in total. The minimum absolute atomic E-state index is 0.196. The van der Waals surface area contributed by atoms with Gasteiger partial charge in [-0.3, -0.25) is 0 Å². The Kier molecular flexibility index (Phi) is 5.96. The quantitative estimate of drug-likeness (QED) is 0.289. The van der Waals surface area contributed by atoms with Crippen LogP contribution < -0.4 is 0 Å². The Morgan fingerprint density at radius 2 is 1.90 bits per heavy atom. The van der Waals surface area contributed by atoms with Gasteiger partial charge in [0.25, 0.3) is 0 Å². The fourth-order valence-corrected chi connectivity index (χ4v) is 6.16. The Labute approximate surface area is 187 Å². The first-order valence-corrected chi connectivity index (χ1v) is 16.3. The van der Waals surface area contributed by atoms with Gasteiger partial charge in [-0.15, -0.1) is 0 Å². The van der Waals surface area contributed by atoms with Crippen molar-refractivity contribution in [3.05, 3.63) is 47.2 Å². The number of rotatable bonds is 8. The summed E-state index contributed by atoms with van der Waals surface area (Å²) in [6, 6.07) is 10.4. The van der Waals surface area contributed by atoms with Gasteiger partial charge in [-0.05, 0) is 58.6 Å². The standard InChI is InChI=1S/C22H27BrN2O3SSi/c1-30(2,3)11-10-28-15-25-14-21(20-12-17(23)13-24-22(20)25)16-4-6-18(7-5-16)29(26,27)19-8-9-19/h4-7,12-14,19H,8-11,15H2,1-3H3. The van der Waals surface area contributed by atoms with E-state index < -0.39 is 17.9 Å². The first-order valence-electron chi connectivity index (χ1n) is 10.2. The highest BCUT2D eigenvalue weighted by atomic mass is 79.9. The molecule has 1 aliphatic rings. The number of hydrogen-bond donors (Lipinski definition) is 0. The molecule has 2 aromatic heterocycles. The van der Waals surface area contributed by atoms with Gasteiger partial charge in [-0.2, -0.15) is 0 Å². The van der Waals surface area contributed by atoms with Crippen LogP contribution in [0.25, 0.3) is 22.2 Å². The summed E-state index contributed by atoms with van der Waals surface area (Å²) in [5.41, 5.74) is 2.84. The maximum absolute atomic E-state index is 12.5. The highest BCUT2D eigenvalue weighted by Gasteiger charge is 2.36. The summed E-state index contributed by atoms with van der Waals surface area (Å²) >= 11 is 3.52. The Bertz CT molecular complexity index is 1160. The van der Waals surface area contributed by atoms with Gasteiger partial charge in [0.05, 0.1) is 10.1 Å². The number of pyridine rings is 1. The minimum Gasteiger partial charge on any atom is -0.361 e. The Morgan fingerprint density at radius 3 is 2.53 bits per heavy atom. The van der Waals surface area contributed by atoms with E-state index in [0.717, 1.165) is 52.1 Å². The van der Waals surface area contributed by atoms with Crippen molar-refractivity contribution in [1.29, 1.82) is 0 Å². The molecule has 5 nitrogen and oxygen atoms in total. The van der Waals surface area contributed by atoms with Crippen molar-refractivity contribution in [2.75, 3.05) is 6.61 Å². The molecule has 0 spiro atoms. The van der Waals surface area contributed by atoms with Gasteiger partial charge in [0, 0.05) is 42.5 Å². The Morgan fingerprint density at radius 1 is 1.20 bits per heavy atom. The molecule has 1 aliphatic carbocycles. The average Bonchev–Trinajstić information content (AvgIpc) is 3.48. The molecule has 3 aromatic rings. The molecular formula is C22H27BrN2O3SSi. The second kappa shape index (κ2) is 8.22. The monoisotopic (exact) mass is 506 g/mol. The molecule has 0 radical (unpaired) electrons. The molecule has 2 heterocycles. The largest absolute Gasteiger partial charge is 0.361 e. The van der Waals surface area contributed by atoms with Gasteiger partial charge < -0.3 is 9.30 Å². The smallest absolute Gasteiger partial charge is 0.181 e. The van der Waals surface area contributed by atoms with Crippen LogP contribution in [0, 0.1) is 0 Å². The highest BCUT2D eigenvalue weighted by Crippen LogP contribution is 2.36. The van der Waals surface area contributed by atoms with Crippen molar-refractivity contribution in [3.63, 3.8) is 0 Å². The summed E-state index contributed by atoms with van der Waals surface area (Å²) in [5, 5.41) is 0.815. The van der Waals surface area contributed by atoms with Gasteiger partial charge in [-0.1, -0.05) is 31.8 Å². The molecule has 0 bridgehead atoms. The zero-order valence-corrected chi connectivity index (χ0v) is 21.0. The van der Waals surface area contributed by atoms with E-state index in [1.54, 1.807) is 18.3 Å². The molecule has 30 heavy (non-hydrogen) atoms. The third-order valence-electron chi connectivity index (χ3n) is 5.36. The SMILES string of the molecule is C[Si](C)(C)CCOCn1cc(-c2ccc(S(=O)(=O)C3CC3)cc2)c2cc(Br)cnc21. The number of aromatic nitrogens is 2. The van der Waals surface area contributed by atoms with Crippen LogP contribution in [0.2, 0.25) is 25.7 Å². The van der Waals surface area contributed by atoms with E-state index >= 15 is 0 Å². The van der Waals surface area contributed by atoms with E-state index in [1.165, 1.54) is 0 Å². The maximum atomic E-state index is 12.5. The maximum Gasteiger partial charge on any atom is 0.181 e. The molecule has 8 heteroatoms. The van der Waals surface area contributed by atoms with Crippen molar-refractivity contribution < 1.29 is 13.2 Å². The van der Waals surface area contributed by atoms with Crippen LogP contribution in [0.3, 0.4) is 0 Å². The van der Waals surface area contributed by atoms with Crippen molar-refractivity contribution in [1.82, 2.24) is 9.55 Å². The molecule has 0 amide bonds. The van der Waals surface area contributed by atoms with Crippen LogP contribution in [0.1, 0.15) is 12.8 Å². The third-order valence-corrected chi connectivity index (χ3v) is 9.78. The average molecular weight is 508 g/mol. The van der Waals surface area contributed by atoms with E-state index in [-0.39, 0.29) is 5.25 Å². The molecule has 1 fully saturated rings. The number of nitrogens with zero attached hydrogens (tertiary/aromatic N) is 2. The Balaban J connectivity index is 1.63. The number of benzene rings is 1. The summed E-state index contributed by atoms with van der Waals surface area (Å²) in [7, 11) is -4.31. The van der Waals surface area contributed by atoms with Crippen LogP contribution in [0.15, 0.2) is 52.1 Å². The van der Waals surface area contributed by atoms with Crippen LogP contribution in [0.5, 0.6) is 0 Å². The summed E-state index contributed by atoms with van der Waals surface area (Å²) in [4.78, 5) is 5.00. The van der Waals surface area contributed by atoms with Crippen LogP contribution in [-0.4, -0.2) is 37.9 Å². The van der Waals surface area contributed by atoms with Crippen molar-refractivity contribution in [2.24, 2.45) is 0 Å². The first-order chi connectivity index (χ1) is 14.1. The molecule has 160 valence electrons. The van der Waals surface area contributed by atoms with E-state index in [2.05, 4.69) is 40.6 Å². The van der Waals surface area contributed by atoms with E-state index in [0.29, 0.717) is 11.6 Å². The number of hydrogen-bond acceptors (Lipinski definition) is 4. The summed E-state index contributed by atoms with van der Waals surface area (Å²) < 4.78 is 33.8. The molecule has 0 atom stereocenters. The van der Waals surface area contributed by atoms with Crippen molar-refractivity contribution in [3.8, 4) is 11.1 Å². The predicted molar refractivity (Wildman–Crippen MR) is 127 cm³/mol. The highest BCUT2D eigenvalue weighted by molar-refractivity contribution is 9.10. The number of fused-ring (bicyclic) bond motifs is 1. The Hall–Kier alpha value is -1.48.